The third-order valence-electron chi connectivity index (χ3n) is 6.43. The number of benzene rings is 1. The van der Waals surface area contributed by atoms with Gasteiger partial charge in [0.1, 0.15) is 18.3 Å². The minimum atomic E-state index is -1.09. The van der Waals surface area contributed by atoms with Crippen molar-refractivity contribution in [3.05, 3.63) is 41.0 Å². The van der Waals surface area contributed by atoms with Crippen molar-refractivity contribution >= 4 is 23.2 Å². The molecule has 1 unspecified atom stereocenters. The maximum Gasteiger partial charge on any atom is 0.243 e. The van der Waals surface area contributed by atoms with Gasteiger partial charge in [-0.2, -0.15) is 0 Å². The summed E-state index contributed by atoms with van der Waals surface area (Å²) in [5, 5.41) is 36.4. The molecule has 0 radical (unpaired) electrons. The molecule has 2 amide bonds. The number of rotatable bonds is 11. The Hall–Kier alpha value is -2.37. The summed E-state index contributed by atoms with van der Waals surface area (Å²) in [5.41, 5.74) is 4.75. The highest BCUT2D eigenvalue weighted by Gasteiger charge is 2.42. The quantitative estimate of drug-likeness (QED) is 0.286. The molecule has 1 aliphatic rings. The number of aliphatic hydroxyl groups is 3. The van der Waals surface area contributed by atoms with E-state index >= 15 is 0 Å². The van der Waals surface area contributed by atoms with E-state index < -0.39 is 36.4 Å². The van der Waals surface area contributed by atoms with Crippen LogP contribution >= 0.6 is 11.3 Å². The predicted molar refractivity (Wildman–Crippen MR) is 139 cm³/mol. The van der Waals surface area contributed by atoms with Crippen molar-refractivity contribution in [2.75, 3.05) is 6.54 Å². The van der Waals surface area contributed by atoms with Crippen LogP contribution < -0.4 is 10.6 Å². The van der Waals surface area contributed by atoms with Gasteiger partial charge in [0, 0.05) is 19.5 Å². The number of aromatic nitrogens is 1. The zero-order valence-electron chi connectivity index (χ0n) is 21.3. The molecule has 1 aromatic carbocycles. The number of aliphatic hydroxyl groups excluding tert-OH is 3. The molecule has 0 aliphatic carbocycles. The van der Waals surface area contributed by atoms with Crippen LogP contribution in [0.5, 0.6) is 0 Å². The van der Waals surface area contributed by atoms with Gasteiger partial charge in [-0.1, -0.05) is 38.1 Å². The second kappa shape index (κ2) is 12.7. The Balaban J connectivity index is 1.62. The van der Waals surface area contributed by atoms with Crippen molar-refractivity contribution in [2.24, 2.45) is 5.92 Å². The van der Waals surface area contributed by atoms with Crippen LogP contribution in [0.1, 0.15) is 51.3 Å². The number of likely N-dealkylation sites (tertiary alicyclic amines) is 1. The number of β-amino-alcohol motifs (C(OH)–C–C–N with tert-alkyl or cyclic N) is 1. The maximum absolute atomic E-state index is 13.3. The van der Waals surface area contributed by atoms with Crippen molar-refractivity contribution in [3.8, 4) is 10.4 Å². The van der Waals surface area contributed by atoms with E-state index in [2.05, 4.69) is 15.6 Å². The predicted octanol–water partition coefficient (Wildman–Crippen LogP) is 1.79. The van der Waals surface area contributed by atoms with Gasteiger partial charge >= 0.3 is 0 Å². The molecule has 1 fully saturated rings. The van der Waals surface area contributed by atoms with Gasteiger partial charge in [-0.25, -0.2) is 4.98 Å². The molecular formula is C26H38N4O5S. The largest absolute Gasteiger partial charge is 0.391 e. The zero-order chi connectivity index (χ0) is 26.4. The summed E-state index contributed by atoms with van der Waals surface area (Å²) >= 11 is 1.58. The number of hydrogen-bond acceptors (Lipinski definition) is 8. The first kappa shape index (κ1) is 28.2. The van der Waals surface area contributed by atoms with Crippen LogP contribution in [0.2, 0.25) is 0 Å². The minimum Gasteiger partial charge on any atom is -0.391 e. The van der Waals surface area contributed by atoms with Gasteiger partial charge in [-0.05, 0) is 43.7 Å². The number of amides is 2. The molecular weight excluding hydrogens is 480 g/mol. The van der Waals surface area contributed by atoms with Gasteiger partial charge in [-0.15, -0.1) is 11.3 Å². The number of nitrogens with zero attached hydrogens (tertiary/aromatic N) is 2. The van der Waals surface area contributed by atoms with Crippen LogP contribution in [0.25, 0.3) is 10.4 Å². The second-order valence-corrected chi connectivity index (χ2v) is 10.8. The molecule has 36 heavy (non-hydrogen) atoms. The Morgan fingerprint density at radius 3 is 2.44 bits per heavy atom. The monoisotopic (exact) mass is 518 g/mol. The Morgan fingerprint density at radius 1 is 1.17 bits per heavy atom. The van der Waals surface area contributed by atoms with E-state index in [1.807, 2.05) is 50.5 Å². The molecule has 5 N–H and O–H groups in total. The Kier molecular flexibility index (Phi) is 9.98. The fourth-order valence-electron chi connectivity index (χ4n) is 4.34. The lowest BCUT2D eigenvalue weighted by molar-refractivity contribution is -0.143. The summed E-state index contributed by atoms with van der Waals surface area (Å²) in [6, 6.07) is 5.90. The van der Waals surface area contributed by atoms with Crippen molar-refractivity contribution in [2.45, 2.75) is 84.0 Å². The van der Waals surface area contributed by atoms with Gasteiger partial charge in [0.05, 0.1) is 28.3 Å². The lowest BCUT2D eigenvalue weighted by Crippen LogP contribution is -2.57. The SMILES string of the molecule is Cc1ncsc1-c1ccc(CNC(=O)[C@@H]2C[C@@H](O)CN2C(=O)[C@@H](NC(O)CCC(C)C)[C@H](C)O)cc1. The van der Waals surface area contributed by atoms with Gasteiger partial charge in [-0.3, -0.25) is 14.9 Å². The number of carbonyl (C=O) groups is 2. The average Bonchev–Trinajstić information content (AvgIpc) is 3.44. The molecule has 5 atom stereocenters. The van der Waals surface area contributed by atoms with Crippen LogP contribution in [-0.4, -0.2) is 74.1 Å². The van der Waals surface area contributed by atoms with E-state index in [0.717, 1.165) is 28.1 Å². The molecule has 1 saturated heterocycles. The molecule has 10 heteroatoms. The summed E-state index contributed by atoms with van der Waals surface area (Å²) in [6.07, 6.45) is -1.59. The summed E-state index contributed by atoms with van der Waals surface area (Å²) in [4.78, 5) is 33.0. The van der Waals surface area contributed by atoms with Crippen molar-refractivity contribution in [3.63, 3.8) is 0 Å². The average molecular weight is 519 g/mol. The van der Waals surface area contributed by atoms with Crippen LogP contribution in [0, 0.1) is 12.8 Å². The fraction of sp³-hybridized carbons (Fsp3) is 0.577. The van der Waals surface area contributed by atoms with Crippen LogP contribution in [-0.2, 0) is 16.1 Å². The molecule has 1 aromatic heterocycles. The number of thiazole rings is 1. The highest BCUT2D eigenvalue weighted by Crippen LogP contribution is 2.27. The summed E-state index contributed by atoms with van der Waals surface area (Å²) in [7, 11) is 0. The lowest BCUT2D eigenvalue weighted by Gasteiger charge is -2.31. The fourth-order valence-corrected chi connectivity index (χ4v) is 5.15. The Labute approximate surface area is 216 Å². The highest BCUT2D eigenvalue weighted by atomic mass is 32.1. The molecule has 9 nitrogen and oxygen atoms in total. The summed E-state index contributed by atoms with van der Waals surface area (Å²) in [5.74, 6) is -0.501. The van der Waals surface area contributed by atoms with Crippen molar-refractivity contribution in [1.29, 1.82) is 0 Å². The molecule has 0 spiro atoms. The first-order valence-electron chi connectivity index (χ1n) is 12.4. The molecule has 0 bridgehead atoms. The van der Waals surface area contributed by atoms with E-state index in [1.165, 1.54) is 11.8 Å². The standard InChI is InChI=1S/C26H38N4O5S/c1-15(2)5-10-22(33)29-23(17(4)31)26(35)30-13-20(32)11-21(30)25(34)27-12-18-6-8-19(9-7-18)24-16(3)28-14-36-24/h6-9,14-15,17,20-23,29,31-33H,5,10-13H2,1-4H3,(H,27,34)/t17-,20+,21-,22?,23-/m0/s1. The van der Waals surface area contributed by atoms with Crippen molar-refractivity contribution in [1.82, 2.24) is 20.5 Å². The van der Waals surface area contributed by atoms with Crippen LogP contribution in [0.4, 0.5) is 0 Å². The van der Waals surface area contributed by atoms with Gasteiger partial charge in [0.25, 0.3) is 0 Å². The highest BCUT2D eigenvalue weighted by molar-refractivity contribution is 7.13. The van der Waals surface area contributed by atoms with E-state index in [4.69, 9.17) is 0 Å². The first-order valence-corrected chi connectivity index (χ1v) is 13.3. The Morgan fingerprint density at radius 2 is 1.86 bits per heavy atom. The molecule has 0 saturated carbocycles. The molecule has 198 valence electrons. The topological polar surface area (TPSA) is 135 Å². The van der Waals surface area contributed by atoms with Gasteiger partial charge in [0.15, 0.2) is 0 Å². The number of carbonyl (C=O) groups excluding carboxylic acids is 2. The molecule has 3 rings (SSSR count). The van der Waals surface area contributed by atoms with Crippen LogP contribution in [0.3, 0.4) is 0 Å². The molecule has 2 heterocycles. The molecule has 1 aliphatic heterocycles. The number of aryl methyl sites for hydroxylation is 1. The first-order chi connectivity index (χ1) is 17.1. The van der Waals surface area contributed by atoms with Gasteiger partial charge < -0.3 is 25.5 Å². The minimum absolute atomic E-state index is 0.00714. The third kappa shape index (κ3) is 7.33. The number of nitrogens with one attached hydrogen (secondary N) is 2. The Bertz CT molecular complexity index is 1010. The molecule has 2 aromatic rings. The van der Waals surface area contributed by atoms with Crippen molar-refractivity contribution < 1.29 is 24.9 Å². The smallest absolute Gasteiger partial charge is 0.243 e. The van der Waals surface area contributed by atoms with E-state index in [1.54, 1.807) is 11.3 Å². The van der Waals surface area contributed by atoms with E-state index in [0.29, 0.717) is 12.3 Å². The number of hydrogen-bond donors (Lipinski definition) is 5. The summed E-state index contributed by atoms with van der Waals surface area (Å²) in [6.45, 7) is 7.77. The van der Waals surface area contributed by atoms with E-state index in [9.17, 15) is 24.9 Å². The lowest BCUT2D eigenvalue weighted by atomic mass is 10.1. The second-order valence-electron chi connectivity index (χ2n) is 9.95. The normalized spacial score (nSPS) is 20.4. The maximum atomic E-state index is 13.3. The van der Waals surface area contributed by atoms with Crippen LogP contribution in [0.15, 0.2) is 29.8 Å². The zero-order valence-corrected chi connectivity index (χ0v) is 22.2. The summed E-state index contributed by atoms with van der Waals surface area (Å²) < 4.78 is 0. The van der Waals surface area contributed by atoms with E-state index in [-0.39, 0.29) is 25.4 Å². The van der Waals surface area contributed by atoms with Gasteiger partial charge in [0.2, 0.25) is 11.8 Å². The third-order valence-corrected chi connectivity index (χ3v) is 7.41.